The number of anilines is 1. The topological polar surface area (TPSA) is 86.9 Å². The Hall–Kier alpha value is -2.15. The van der Waals surface area contributed by atoms with Gasteiger partial charge in [-0.3, -0.25) is 15.0 Å². The summed E-state index contributed by atoms with van der Waals surface area (Å²) in [6.07, 6.45) is 2.56. The molecule has 1 aliphatic carbocycles. The number of hydrogen-bond donors (Lipinski definition) is 1. The quantitative estimate of drug-likeness (QED) is 0.669. The zero-order valence-corrected chi connectivity index (χ0v) is 11.6. The van der Waals surface area contributed by atoms with Gasteiger partial charge in [-0.25, -0.2) is 4.79 Å². The summed E-state index contributed by atoms with van der Waals surface area (Å²) in [6.45, 7) is 3.58. The lowest BCUT2D eigenvalue weighted by molar-refractivity contribution is -0.385. The fourth-order valence-corrected chi connectivity index (χ4v) is 2.84. The number of carboxylic acids is 1. The van der Waals surface area contributed by atoms with Crippen molar-refractivity contribution in [3.63, 3.8) is 0 Å². The smallest absolute Gasteiger partial charge is 0.342 e. The van der Waals surface area contributed by atoms with Crippen LogP contribution >= 0.6 is 0 Å². The van der Waals surface area contributed by atoms with Gasteiger partial charge in [0.25, 0.3) is 5.69 Å². The molecule has 7 nitrogen and oxygen atoms in total. The Bertz CT molecular complexity index is 578. The third-order valence-electron chi connectivity index (χ3n) is 4.15. The molecule has 3 rings (SSSR count). The van der Waals surface area contributed by atoms with Gasteiger partial charge in [0, 0.05) is 44.0 Å². The van der Waals surface area contributed by atoms with Crippen molar-refractivity contribution >= 4 is 17.3 Å². The average molecular weight is 291 g/mol. The zero-order valence-electron chi connectivity index (χ0n) is 11.6. The first kappa shape index (κ1) is 13.8. The fourth-order valence-electron chi connectivity index (χ4n) is 2.84. The summed E-state index contributed by atoms with van der Waals surface area (Å²) in [4.78, 5) is 25.9. The van der Waals surface area contributed by atoms with E-state index in [-0.39, 0.29) is 11.3 Å². The Kier molecular flexibility index (Phi) is 3.50. The number of hydrogen-bond acceptors (Lipinski definition) is 5. The molecule has 1 aromatic rings. The summed E-state index contributed by atoms with van der Waals surface area (Å²) in [7, 11) is 0. The highest BCUT2D eigenvalue weighted by Gasteiger charge is 2.31. The van der Waals surface area contributed by atoms with Crippen molar-refractivity contribution in [2.45, 2.75) is 18.9 Å². The highest BCUT2D eigenvalue weighted by molar-refractivity contribution is 5.93. The van der Waals surface area contributed by atoms with Gasteiger partial charge in [0.2, 0.25) is 0 Å². The minimum atomic E-state index is -1.26. The largest absolute Gasteiger partial charge is 0.477 e. The standard InChI is InChI=1S/C14H17N3O4/c18-14(19)12-9-11(3-4-13(12)17(20)21)16-7-5-15(6-8-16)10-1-2-10/h3-4,9-10H,1-2,5-8H2,(H,18,19). The molecule has 112 valence electrons. The third-order valence-corrected chi connectivity index (χ3v) is 4.15. The molecular formula is C14H17N3O4. The molecule has 1 saturated carbocycles. The highest BCUT2D eigenvalue weighted by Crippen LogP contribution is 2.30. The minimum Gasteiger partial charge on any atom is -0.477 e. The van der Waals surface area contributed by atoms with Crippen LogP contribution in [0.3, 0.4) is 0 Å². The summed E-state index contributed by atoms with van der Waals surface area (Å²) in [5.41, 5.74) is 0.137. The lowest BCUT2D eigenvalue weighted by atomic mass is 10.1. The summed E-state index contributed by atoms with van der Waals surface area (Å²) >= 11 is 0. The molecule has 0 unspecified atom stereocenters. The number of rotatable bonds is 4. The maximum atomic E-state index is 11.2. The van der Waals surface area contributed by atoms with Crippen LogP contribution in [0.15, 0.2) is 18.2 Å². The first-order chi connectivity index (χ1) is 10.1. The molecule has 0 atom stereocenters. The minimum absolute atomic E-state index is 0.248. The van der Waals surface area contributed by atoms with E-state index in [0.29, 0.717) is 0 Å². The van der Waals surface area contributed by atoms with Crippen molar-refractivity contribution < 1.29 is 14.8 Å². The van der Waals surface area contributed by atoms with E-state index in [1.165, 1.54) is 25.0 Å². The van der Waals surface area contributed by atoms with Crippen LogP contribution in [0.2, 0.25) is 0 Å². The van der Waals surface area contributed by atoms with Crippen molar-refractivity contribution in [1.82, 2.24) is 4.90 Å². The number of aromatic carboxylic acids is 1. The average Bonchev–Trinajstić information content (AvgIpc) is 3.31. The molecule has 7 heteroatoms. The SMILES string of the molecule is O=C(O)c1cc(N2CCN(C3CC3)CC2)ccc1[N+](=O)[O-]. The second-order valence-corrected chi connectivity index (χ2v) is 5.52. The number of benzene rings is 1. The first-order valence-electron chi connectivity index (χ1n) is 7.07. The van der Waals surface area contributed by atoms with Crippen molar-refractivity contribution in [3.05, 3.63) is 33.9 Å². The Labute approximate surface area is 121 Å². The van der Waals surface area contributed by atoms with Crippen molar-refractivity contribution in [3.8, 4) is 0 Å². The number of piperazine rings is 1. The van der Waals surface area contributed by atoms with E-state index in [1.807, 2.05) is 0 Å². The number of nitro groups is 1. The van der Waals surface area contributed by atoms with Crippen molar-refractivity contribution in [2.75, 3.05) is 31.1 Å². The van der Waals surface area contributed by atoms with Crippen LogP contribution in [-0.2, 0) is 0 Å². The lowest BCUT2D eigenvalue weighted by Gasteiger charge is -2.36. The first-order valence-corrected chi connectivity index (χ1v) is 7.07. The van der Waals surface area contributed by atoms with E-state index in [4.69, 9.17) is 5.11 Å². The maximum absolute atomic E-state index is 11.2. The summed E-state index contributed by atoms with van der Waals surface area (Å²) in [5, 5.41) is 20.0. The molecule has 1 heterocycles. The van der Waals surface area contributed by atoms with E-state index in [9.17, 15) is 14.9 Å². The van der Waals surface area contributed by atoms with Gasteiger partial charge in [-0.05, 0) is 25.0 Å². The Morgan fingerprint density at radius 2 is 1.90 bits per heavy atom. The second-order valence-electron chi connectivity index (χ2n) is 5.52. The number of nitrogens with zero attached hydrogens (tertiary/aromatic N) is 3. The van der Waals surface area contributed by atoms with Crippen LogP contribution in [0.5, 0.6) is 0 Å². The molecule has 21 heavy (non-hydrogen) atoms. The lowest BCUT2D eigenvalue weighted by Crippen LogP contribution is -2.47. The molecule has 2 aliphatic rings. The zero-order chi connectivity index (χ0) is 15.0. The molecule has 0 radical (unpaired) electrons. The van der Waals surface area contributed by atoms with Crippen LogP contribution in [0.4, 0.5) is 11.4 Å². The maximum Gasteiger partial charge on any atom is 0.342 e. The summed E-state index contributed by atoms with van der Waals surface area (Å²) in [5.74, 6) is -1.26. The van der Waals surface area contributed by atoms with E-state index >= 15 is 0 Å². The molecule has 1 N–H and O–H groups in total. The fraction of sp³-hybridized carbons (Fsp3) is 0.500. The van der Waals surface area contributed by atoms with Gasteiger partial charge in [-0.2, -0.15) is 0 Å². The van der Waals surface area contributed by atoms with E-state index < -0.39 is 10.9 Å². The van der Waals surface area contributed by atoms with Gasteiger partial charge < -0.3 is 10.0 Å². The van der Waals surface area contributed by atoms with Crippen LogP contribution in [0, 0.1) is 10.1 Å². The summed E-state index contributed by atoms with van der Waals surface area (Å²) in [6, 6.07) is 5.06. The molecule has 1 aliphatic heterocycles. The number of nitro benzene ring substituents is 1. The predicted octanol–water partition coefficient (Wildman–Crippen LogP) is 1.58. The van der Waals surface area contributed by atoms with Gasteiger partial charge >= 0.3 is 5.97 Å². The third kappa shape index (κ3) is 2.82. The van der Waals surface area contributed by atoms with Crippen molar-refractivity contribution in [2.24, 2.45) is 0 Å². The molecule has 0 aromatic heterocycles. The van der Waals surface area contributed by atoms with Crippen LogP contribution in [0.1, 0.15) is 23.2 Å². The van der Waals surface area contributed by atoms with Gasteiger partial charge in [0.1, 0.15) is 5.56 Å². The van der Waals surface area contributed by atoms with E-state index in [0.717, 1.165) is 37.9 Å². The van der Waals surface area contributed by atoms with Crippen LogP contribution in [0.25, 0.3) is 0 Å². The van der Waals surface area contributed by atoms with Gasteiger partial charge in [-0.1, -0.05) is 0 Å². The van der Waals surface area contributed by atoms with Crippen LogP contribution in [-0.4, -0.2) is 53.1 Å². The molecular weight excluding hydrogens is 274 g/mol. The summed E-state index contributed by atoms with van der Waals surface area (Å²) < 4.78 is 0. The molecule has 0 amide bonds. The van der Waals surface area contributed by atoms with E-state index in [1.54, 1.807) is 6.07 Å². The molecule has 0 spiro atoms. The Morgan fingerprint density at radius 3 is 2.43 bits per heavy atom. The normalized spacial score (nSPS) is 19.5. The predicted molar refractivity (Wildman–Crippen MR) is 76.9 cm³/mol. The van der Waals surface area contributed by atoms with Crippen molar-refractivity contribution in [1.29, 1.82) is 0 Å². The molecule has 2 fully saturated rings. The molecule has 1 saturated heterocycles. The van der Waals surface area contributed by atoms with Gasteiger partial charge in [0.15, 0.2) is 0 Å². The molecule has 1 aromatic carbocycles. The molecule has 0 bridgehead atoms. The Morgan fingerprint density at radius 1 is 1.24 bits per heavy atom. The van der Waals surface area contributed by atoms with Crippen LogP contribution < -0.4 is 4.90 Å². The van der Waals surface area contributed by atoms with E-state index in [2.05, 4.69) is 9.80 Å². The second kappa shape index (κ2) is 5.33. The Balaban J connectivity index is 1.77. The number of carboxylic acid groups (broad SMARTS) is 1. The number of carbonyl (C=O) groups is 1. The highest BCUT2D eigenvalue weighted by atomic mass is 16.6. The van der Waals surface area contributed by atoms with Gasteiger partial charge in [-0.15, -0.1) is 0 Å². The monoisotopic (exact) mass is 291 g/mol. The van der Waals surface area contributed by atoms with Gasteiger partial charge in [0.05, 0.1) is 4.92 Å².